The molecule has 1 aromatic rings. The number of aliphatic carboxylic acids is 1. The molecule has 1 atom stereocenters. The third-order valence-corrected chi connectivity index (χ3v) is 2.06. The maximum absolute atomic E-state index is 10.7. The fourth-order valence-corrected chi connectivity index (χ4v) is 1.14. The highest BCUT2D eigenvalue weighted by molar-refractivity contribution is 5.77. The molecule has 1 unspecified atom stereocenters. The van der Waals surface area contributed by atoms with Gasteiger partial charge in [-0.05, 0) is 13.0 Å². The number of nitro benzene ring substituents is 1. The lowest BCUT2D eigenvalue weighted by Gasteiger charge is -2.08. The van der Waals surface area contributed by atoms with Crippen LogP contribution in [0.5, 0.6) is 5.75 Å². The van der Waals surface area contributed by atoms with Crippen LogP contribution in [0.25, 0.3) is 0 Å². The van der Waals surface area contributed by atoms with Gasteiger partial charge in [-0.3, -0.25) is 14.9 Å². The number of rotatable bonds is 3. The van der Waals surface area contributed by atoms with Crippen LogP contribution in [0.15, 0.2) is 18.2 Å². The zero-order valence-corrected chi connectivity index (χ0v) is 7.88. The van der Waals surface area contributed by atoms with Crippen LogP contribution in [0.1, 0.15) is 18.4 Å². The number of nitro groups is 1. The number of phenolic OH excluding ortho intramolecular Hbond substituents is 1. The average Bonchev–Trinajstić information content (AvgIpc) is 2.16. The molecule has 0 saturated carbocycles. The molecule has 6 heteroatoms. The van der Waals surface area contributed by atoms with Crippen molar-refractivity contribution < 1.29 is 19.9 Å². The highest BCUT2D eigenvalue weighted by atomic mass is 16.6. The number of phenols is 1. The van der Waals surface area contributed by atoms with Crippen LogP contribution in [-0.2, 0) is 4.79 Å². The molecule has 0 fully saturated rings. The number of carboxylic acids is 1. The van der Waals surface area contributed by atoms with Gasteiger partial charge in [-0.1, -0.05) is 0 Å². The van der Waals surface area contributed by atoms with Crippen LogP contribution in [0.4, 0.5) is 5.69 Å². The van der Waals surface area contributed by atoms with Crippen LogP contribution < -0.4 is 0 Å². The first kappa shape index (κ1) is 11.0. The first-order valence-corrected chi connectivity index (χ1v) is 4.13. The largest absolute Gasteiger partial charge is 0.508 e. The Labute approximate surface area is 84.9 Å². The summed E-state index contributed by atoms with van der Waals surface area (Å²) in [5, 5.41) is 28.5. The lowest BCUT2D eigenvalue weighted by atomic mass is 10.00. The molecule has 1 aromatic carbocycles. The van der Waals surface area contributed by atoms with Crippen LogP contribution in [0.3, 0.4) is 0 Å². The molecular formula is C9H9NO5. The first-order chi connectivity index (χ1) is 6.93. The first-order valence-electron chi connectivity index (χ1n) is 4.13. The van der Waals surface area contributed by atoms with E-state index in [1.807, 2.05) is 0 Å². The van der Waals surface area contributed by atoms with Crippen molar-refractivity contribution in [2.45, 2.75) is 12.8 Å². The van der Waals surface area contributed by atoms with Gasteiger partial charge in [0, 0.05) is 17.7 Å². The molecule has 15 heavy (non-hydrogen) atoms. The quantitative estimate of drug-likeness (QED) is 0.582. The van der Waals surface area contributed by atoms with Gasteiger partial charge in [0.1, 0.15) is 5.75 Å². The van der Waals surface area contributed by atoms with Crippen LogP contribution in [0, 0.1) is 10.1 Å². The summed E-state index contributed by atoms with van der Waals surface area (Å²) in [6, 6.07) is 3.30. The van der Waals surface area contributed by atoms with Crippen molar-refractivity contribution in [1.29, 1.82) is 0 Å². The van der Waals surface area contributed by atoms with Crippen molar-refractivity contribution in [3.05, 3.63) is 33.9 Å². The molecule has 0 aliphatic heterocycles. The zero-order valence-electron chi connectivity index (χ0n) is 7.88. The second-order valence-electron chi connectivity index (χ2n) is 3.06. The van der Waals surface area contributed by atoms with E-state index < -0.39 is 16.8 Å². The zero-order chi connectivity index (χ0) is 11.6. The molecule has 80 valence electrons. The number of benzene rings is 1. The molecule has 0 amide bonds. The predicted molar refractivity (Wildman–Crippen MR) is 50.8 cm³/mol. The third-order valence-electron chi connectivity index (χ3n) is 2.06. The fourth-order valence-electron chi connectivity index (χ4n) is 1.14. The minimum Gasteiger partial charge on any atom is -0.508 e. The van der Waals surface area contributed by atoms with Gasteiger partial charge < -0.3 is 10.2 Å². The Morgan fingerprint density at radius 1 is 1.53 bits per heavy atom. The van der Waals surface area contributed by atoms with E-state index in [0.29, 0.717) is 0 Å². The van der Waals surface area contributed by atoms with Crippen LogP contribution >= 0.6 is 0 Å². The van der Waals surface area contributed by atoms with Gasteiger partial charge in [0.05, 0.1) is 10.8 Å². The number of carbonyl (C=O) groups is 1. The topological polar surface area (TPSA) is 101 Å². The van der Waals surface area contributed by atoms with E-state index >= 15 is 0 Å². The van der Waals surface area contributed by atoms with E-state index in [1.165, 1.54) is 6.92 Å². The van der Waals surface area contributed by atoms with Crippen LogP contribution in [-0.4, -0.2) is 21.1 Å². The van der Waals surface area contributed by atoms with Gasteiger partial charge >= 0.3 is 5.97 Å². The number of nitrogens with zero attached hydrogens (tertiary/aromatic N) is 1. The SMILES string of the molecule is CC(C(=O)O)c1cc([N+](=O)[O-])ccc1O. The van der Waals surface area contributed by atoms with Crippen molar-refractivity contribution in [2.75, 3.05) is 0 Å². The van der Waals surface area contributed by atoms with Crippen molar-refractivity contribution in [1.82, 2.24) is 0 Å². The highest BCUT2D eigenvalue weighted by Crippen LogP contribution is 2.29. The Morgan fingerprint density at radius 3 is 2.60 bits per heavy atom. The molecule has 0 aromatic heterocycles. The van der Waals surface area contributed by atoms with Gasteiger partial charge in [-0.2, -0.15) is 0 Å². The highest BCUT2D eigenvalue weighted by Gasteiger charge is 2.20. The molecule has 0 spiro atoms. The maximum Gasteiger partial charge on any atom is 0.310 e. The summed E-state index contributed by atoms with van der Waals surface area (Å²) in [7, 11) is 0. The number of carboxylic acid groups (broad SMARTS) is 1. The van der Waals surface area contributed by atoms with E-state index in [-0.39, 0.29) is 17.0 Å². The standard InChI is InChI=1S/C9H9NO5/c1-5(9(12)13)7-4-6(10(14)15)2-3-8(7)11/h2-5,11H,1H3,(H,12,13). The third kappa shape index (κ3) is 2.22. The molecule has 0 aliphatic carbocycles. The molecule has 6 nitrogen and oxygen atoms in total. The van der Waals surface area contributed by atoms with E-state index in [0.717, 1.165) is 18.2 Å². The summed E-state index contributed by atoms with van der Waals surface area (Å²) in [5.41, 5.74) is -0.201. The second-order valence-corrected chi connectivity index (χ2v) is 3.06. The van der Waals surface area contributed by atoms with Gasteiger partial charge in [0.2, 0.25) is 0 Å². The Kier molecular flexibility index (Phi) is 2.89. The lowest BCUT2D eigenvalue weighted by molar-refractivity contribution is -0.384. The molecule has 0 radical (unpaired) electrons. The Bertz CT molecular complexity index is 415. The summed E-state index contributed by atoms with van der Waals surface area (Å²) in [6.07, 6.45) is 0. The van der Waals surface area contributed by atoms with E-state index in [9.17, 15) is 20.0 Å². The molecule has 0 saturated heterocycles. The maximum atomic E-state index is 10.7. The van der Waals surface area contributed by atoms with Gasteiger partial charge in [0.15, 0.2) is 0 Å². The van der Waals surface area contributed by atoms with E-state index in [2.05, 4.69) is 0 Å². The molecule has 2 N–H and O–H groups in total. The predicted octanol–water partition coefficient (Wildman–Crippen LogP) is 1.49. The minimum atomic E-state index is -1.15. The van der Waals surface area contributed by atoms with Crippen molar-refractivity contribution >= 4 is 11.7 Å². The fraction of sp³-hybridized carbons (Fsp3) is 0.222. The molecule has 0 aliphatic rings. The Balaban J connectivity index is 3.22. The monoisotopic (exact) mass is 211 g/mol. The smallest absolute Gasteiger partial charge is 0.310 e. The van der Waals surface area contributed by atoms with Gasteiger partial charge in [-0.15, -0.1) is 0 Å². The Hall–Kier alpha value is -2.11. The minimum absolute atomic E-state index is 0.0386. The van der Waals surface area contributed by atoms with Crippen molar-refractivity contribution in [3.63, 3.8) is 0 Å². The molecule has 0 heterocycles. The summed E-state index contributed by atoms with van der Waals surface area (Å²) in [6.45, 7) is 1.35. The number of hydrogen-bond donors (Lipinski definition) is 2. The summed E-state index contributed by atoms with van der Waals surface area (Å²) < 4.78 is 0. The van der Waals surface area contributed by atoms with E-state index in [4.69, 9.17) is 5.11 Å². The summed E-state index contributed by atoms with van der Waals surface area (Å²) in [4.78, 5) is 20.4. The van der Waals surface area contributed by atoms with Gasteiger partial charge in [-0.25, -0.2) is 0 Å². The molecular weight excluding hydrogens is 202 g/mol. The number of hydrogen-bond acceptors (Lipinski definition) is 4. The summed E-state index contributed by atoms with van der Waals surface area (Å²) >= 11 is 0. The molecule has 0 bridgehead atoms. The number of aromatic hydroxyl groups is 1. The van der Waals surface area contributed by atoms with Crippen molar-refractivity contribution in [2.24, 2.45) is 0 Å². The van der Waals surface area contributed by atoms with Gasteiger partial charge in [0.25, 0.3) is 5.69 Å². The van der Waals surface area contributed by atoms with E-state index in [1.54, 1.807) is 0 Å². The number of non-ortho nitro benzene ring substituents is 1. The second kappa shape index (κ2) is 3.95. The average molecular weight is 211 g/mol. The van der Waals surface area contributed by atoms with Crippen molar-refractivity contribution in [3.8, 4) is 5.75 Å². The normalized spacial score (nSPS) is 12.1. The van der Waals surface area contributed by atoms with Crippen LogP contribution in [0.2, 0.25) is 0 Å². The lowest BCUT2D eigenvalue weighted by Crippen LogP contribution is -2.07. The summed E-state index contributed by atoms with van der Waals surface area (Å²) in [5.74, 6) is -2.38. The Morgan fingerprint density at radius 2 is 2.13 bits per heavy atom. The molecule has 1 rings (SSSR count).